The van der Waals surface area contributed by atoms with Crippen LogP contribution in [0.5, 0.6) is 0 Å². The predicted molar refractivity (Wildman–Crippen MR) is 196 cm³/mol. The van der Waals surface area contributed by atoms with E-state index in [1.165, 1.54) is 154 Å². The van der Waals surface area contributed by atoms with Gasteiger partial charge < -0.3 is 25.7 Å². The second kappa shape index (κ2) is 35.6. The number of hydrogen-bond donors (Lipinski definition) is 5. The number of amides is 1. The molecule has 0 aromatic heterocycles. The molecule has 0 heterocycles. The van der Waals surface area contributed by atoms with Gasteiger partial charge in [-0.2, -0.15) is 0 Å². The molecule has 0 aromatic carbocycles. The molecule has 6 heteroatoms. The van der Waals surface area contributed by atoms with Crippen LogP contribution in [0.3, 0.4) is 0 Å². The lowest BCUT2D eigenvalue weighted by atomic mass is 9.99. The van der Waals surface area contributed by atoms with E-state index in [0.717, 1.165) is 38.5 Å². The summed E-state index contributed by atoms with van der Waals surface area (Å²) >= 11 is 0. The minimum absolute atomic E-state index is 0.375. The number of carbonyl (C=O) groups is 1. The summed E-state index contributed by atoms with van der Waals surface area (Å²) in [5.41, 5.74) is 0. The van der Waals surface area contributed by atoms with Gasteiger partial charge in [0.1, 0.15) is 12.2 Å². The van der Waals surface area contributed by atoms with Crippen LogP contribution in [-0.2, 0) is 4.79 Å². The minimum Gasteiger partial charge on any atom is -0.394 e. The van der Waals surface area contributed by atoms with Crippen LogP contribution in [0.15, 0.2) is 0 Å². The van der Waals surface area contributed by atoms with Crippen molar-refractivity contribution in [1.82, 2.24) is 5.32 Å². The molecule has 4 atom stereocenters. The Morgan fingerprint density at radius 3 is 1.04 bits per heavy atom. The molecule has 1 amide bonds. The Morgan fingerprint density at radius 1 is 0.457 bits per heavy atom. The molecular formula is C40H81NO5. The summed E-state index contributed by atoms with van der Waals surface area (Å²) in [6.07, 6.45) is 35.5. The average molecular weight is 656 g/mol. The van der Waals surface area contributed by atoms with Gasteiger partial charge in [0.2, 0.25) is 5.91 Å². The van der Waals surface area contributed by atoms with Crippen molar-refractivity contribution < 1.29 is 25.2 Å². The number of hydrogen-bond acceptors (Lipinski definition) is 5. The van der Waals surface area contributed by atoms with E-state index in [4.69, 9.17) is 0 Å². The van der Waals surface area contributed by atoms with E-state index in [1.807, 2.05) is 0 Å². The van der Waals surface area contributed by atoms with Crippen LogP contribution in [0.2, 0.25) is 0 Å². The fourth-order valence-corrected chi connectivity index (χ4v) is 6.52. The van der Waals surface area contributed by atoms with Crippen LogP contribution in [-0.4, -0.2) is 57.3 Å². The third kappa shape index (κ3) is 29.4. The first-order valence-electron chi connectivity index (χ1n) is 20.4. The van der Waals surface area contributed by atoms with Crippen molar-refractivity contribution in [2.75, 3.05) is 6.61 Å². The molecule has 0 aromatic rings. The average Bonchev–Trinajstić information content (AvgIpc) is 3.06. The van der Waals surface area contributed by atoms with E-state index in [0.29, 0.717) is 12.8 Å². The molecule has 0 aliphatic heterocycles. The highest BCUT2D eigenvalue weighted by Gasteiger charge is 2.28. The van der Waals surface area contributed by atoms with Crippen molar-refractivity contribution in [3.63, 3.8) is 0 Å². The van der Waals surface area contributed by atoms with Gasteiger partial charge in [0.25, 0.3) is 0 Å². The SMILES string of the molecule is CCCCCCCCCCCCCCCCCCCC[C@@H](O)C(=O)NC(CO)C(O)C(O)CCCCCCCCCCCCCC. The first-order valence-corrected chi connectivity index (χ1v) is 20.4. The van der Waals surface area contributed by atoms with Gasteiger partial charge in [-0.25, -0.2) is 0 Å². The Morgan fingerprint density at radius 2 is 0.739 bits per heavy atom. The summed E-state index contributed by atoms with van der Waals surface area (Å²) in [5, 5.41) is 43.5. The Balaban J connectivity index is 3.72. The summed E-state index contributed by atoms with van der Waals surface area (Å²) < 4.78 is 0. The Kier molecular flexibility index (Phi) is 35.1. The van der Waals surface area contributed by atoms with Gasteiger partial charge in [-0.15, -0.1) is 0 Å². The molecule has 0 saturated carbocycles. The van der Waals surface area contributed by atoms with Crippen molar-refractivity contribution in [2.45, 2.75) is 244 Å². The highest BCUT2D eigenvalue weighted by Crippen LogP contribution is 2.17. The minimum atomic E-state index is -1.25. The van der Waals surface area contributed by atoms with E-state index in [-0.39, 0.29) is 0 Å². The molecule has 5 N–H and O–H groups in total. The van der Waals surface area contributed by atoms with E-state index < -0.39 is 36.9 Å². The maximum absolute atomic E-state index is 12.5. The molecule has 0 saturated heterocycles. The normalized spacial score (nSPS) is 14.3. The van der Waals surface area contributed by atoms with Crippen LogP contribution in [0.1, 0.15) is 219 Å². The topological polar surface area (TPSA) is 110 Å². The van der Waals surface area contributed by atoms with Gasteiger partial charge >= 0.3 is 0 Å². The van der Waals surface area contributed by atoms with Gasteiger partial charge in [-0.05, 0) is 12.8 Å². The largest absolute Gasteiger partial charge is 0.394 e. The number of aliphatic hydroxyl groups excluding tert-OH is 4. The first-order chi connectivity index (χ1) is 22.5. The summed E-state index contributed by atoms with van der Waals surface area (Å²) in [6.45, 7) is 4.04. The second-order valence-corrected chi connectivity index (χ2v) is 14.3. The molecule has 46 heavy (non-hydrogen) atoms. The van der Waals surface area contributed by atoms with Crippen molar-refractivity contribution in [2.24, 2.45) is 0 Å². The molecule has 0 fully saturated rings. The van der Waals surface area contributed by atoms with Gasteiger partial charge in [0, 0.05) is 0 Å². The van der Waals surface area contributed by atoms with Crippen LogP contribution in [0, 0.1) is 0 Å². The molecule has 0 aliphatic carbocycles. The van der Waals surface area contributed by atoms with E-state index in [2.05, 4.69) is 19.2 Å². The van der Waals surface area contributed by atoms with Crippen molar-refractivity contribution in [3.8, 4) is 0 Å². The van der Waals surface area contributed by atoms with Gasteiger partial charge in [0.05, 0.1) is 18.8 Å². The fourth-order valence-electron chi connectivity index (χ4n) is 6.52. The predicted octanol–water partition coefficient (Wildman–Crippen LogP) is 10.1. The Hall–Kier alpha value is -0.690. The standard InChI is InChI=1S/C40H81NO5/c1-3-5-7-9-11-13-15-17-18-19-20-21-22-24-26-28-30-32-34-38(44)40(46)41-36(35-42)39(45)37(43)33-31-29-27-25-23-16-14-12-10-8-6-4-2/h36-39,42-45H,3-35H2,1-2H3,(H,41,46)/t36?,37?,38-,39?/m1/s1. The summed E-state index contributed by atoms with van der Waals surface area (Å²) in [5.74, 6) is -0.581. The first kappa shape index (κ1) is 45.3. The van der Waals surface area contributed by atoms with Crippen molar-refractivity contribution >= 4 is 5.91 Å². The fraction of sp³-hybridized carbons (Fsp3) is 0.975. The zero-order valence-corrected chi connectivity index (χ0v) is 30.8. The molecule has 0 rings (SSSR count). The third-order valence-corrected chi connectivity index (χ3v) is 9.82. The van der Waals surface area contributed by atoms with Crippen LogP contribution in [0.25, 0.3) is 0 Å². The Labute approximate surface area is 286 Å². The maximum atomic E-state index is 12.5. The monoisotopic (exact) mass is 656 g/mol. The number of nitrogens with one attached hydrogen (secondary N) is 1. The molecule has 0 radical (unpaired) electrons. The second-order valence-electron chi connectivity index (χ2n) is 14.3. The summed E-state index contributed by atoms with van der Waals surface area (Å²) in [4.78, 5) is 12.5. The zero-order valence-electron chi connectivity index (χ0n) is 30.8. The molecule has 0 bridgehead atoms. The molecular weight excluding hydrogens is 574 g/mol. The smallest absolute Gasteiger partial charge is 0.249 e. The molecule has 0 spiro atoms. The van der Waals surface area contributed by atoms with Gasteiger partial charge in [0.15, 0.2) is 0 Å². The van der Waals surface area contributed by atoms with E-state index in [9.17, 15) is 25.2 Å². The lowest BCUT2D eigenvalue weighted by Crippen LogP contribution is -2.53. The van der Waals surface area contributed by atoms with Crippen LogP contribution < -0.4 is 5.32 Å². The quantitative estimate of drug-likeness (QED) is 0.0428. The zero-order chi connectivity index (χ0) is 33.9. The highest BCUT2D eigenvalue weighted by atomic mass is 16.3. The highest BCUT2D eigenvalue weighted by molar-refractivity contribution is 5.80. The molecule has 0 aliphatic rings. The lowest BCUT2D eigenvalue weighted by molar-refractivity contribution is -0.132. The number of unbranched alkanes of at least 4 members (excludes halogenated alkanes) is 28. The number of carbonyl (C=O) groups excluding carboxylic acids is 1. The maximum Gasteiger partial charge on any atom is 0.249 e. The Bertz CT molecular complexity index is 618. The van der Waals surface area contributed by atoms with Crippen LogP contribution in [0.4, 0.5) is 0 Å². The third-order valence-electron chi connectivity index (χ3n) is 9.82. The van der Waals surface area contributed by atoms with E-state index >= 15 is 0 Å². The van der Waals surface area contributed by atoms with Gasteiger partial charge in [-0.3, -0.25) is 4.79 Å². The molecule has 6 nitrogen and oxygen atoms in total. The molecule has 276 valence electrons. The lowest BCUT2D eigenvalue weighted by Gasteiger charge is -2.27. The number of aliphatic hydroxyl groups is 4. The van der Waals surface area contributed by atoms with Crippen LogP contribution >= 0.6 is 0 Å². The number of rotatable bonds is 37. The van der Waals surface area contributed by atoms with Gasteiger partial charge in [-0.1, -0.05) is 206 Å². The summed E-state index contributed by atoms with van der Waals surface area (Å²) in [7, 11) is 0. The molecule has 3 unspecified atom stereocenters. The van der Waals surface area contributed by atoms with Crippen molar-refractivity contribution in [1.29, 1.82) is 0 Å². The summed E-state index contributed by atoms with van der Waals surface area (Å²) in [6, 6.07) is -0.977. The van der Waals surface area contributed by atoms with Crippen molar-refractivity contribution in [3.05, 3.63) is 0 Å². The van der Waals surface area contributed by atoms with E-state index in [1.54, 1.807) is 0 Å².